The molecule has 1 aromatic heterocycles. The average Bonchev–Trinajstić information content (AvgIpc) is 2.92. The molecule has 6 nitrogen and oxygen atoms in total. The lowest BCUT2D eigenvalue weighted by Gasteiger charge is -2.12. The van der Waals surface area contributed by atoms with Gasteiger partial charge in [0.2, 0.25) is 0 Å². The van der Waals surface area contributed by atoms with Gasteiger partial charge in [-0.2, -0.15) is 5.10 Å². The molecule has 0 saturated carbocycles. The van der Waals surface area contributed by atoms with E-state index in [1.54, 1.807) is 24.3 Å². The Morgan fingerprint density at radius 2 is 1.95 bits per heavy atom. The topological polar surface area (TPSA) is 81.4 Å². The summed E-state index contributed by atoms with van der Waals surface area (Å²) in [4.78, 5) is 23.0. The fourth-order valence-corrected chi connectivity index (χ4v) is 2.05. The van der Waals surface area contributed by atoms with Gasteiger partial charge in [-0.3, -0.25) is 0 Å². The Bertz CT molecular complexity index is 689. The third-order valence-corrected chi connectivity index (χ3v) is 3.09. The number of carboxylic acids is 1. The van der Waals surface area contributed by atoms with Crippen molar-refractivity contribution in [2.75, 3.05) is 7.11 Å². The van der Waals surface area contributed by atoms with Crippen LogP contribution >= 0.6 is 0 Å². The maximum atomic E-state index is 11.8. The lowest BCUT2D eigenvalue weighted by Crippen LogP contribution is -2.11. The number of carboxylic acid groups (broad SMARTS) is 1. The highest BCUT2D eigenvalue weighted by Crippen LogP contribution is 2.23. The van der Waals surface area contributed by atoms with Crippen molar-refractivity contribution >= 4 is 11.9 Å². The van der Waals surface area contributed by atoms with Crippen molar-refractivity contribution in [2.45, 2.75) is 19.8 Å². The van der Waals surface area contributed by atoms with Crippen LogP contribution in [0.1, 0.15) is 46.3 Å². The van der Waals surface area contributed by atoms with Crippen LogP contribution < -0.4 is 0 Å². The number of aromatic carboxylic acids is 1. The maximum absolute atomic E-state index is 11.8. The Kier molecular flexibility index (Phi) is 4.07. The number of carbonyl (C=O) groups excluding carboxylic acids is 1. The number of rotatable bonds is 4. The van der Waals surface area contributed by atoms with Crippen LogP contribution in [0.5, 0.6) is 0 Å². The molecule has 0 unspecified atom stereocenters. The second-order valence-corrected chi connectivity index (χ2v) is 4.83. The quantitative estimate of drug-likeness (QED) is 0.874. The highest BCUT2D eigenvalue weighted by atomic mass is 16.5. The van der Waals surface area contributed by atoms with E-state index in [4.69, 9.17) is 9.84 Å². The van der Waals surface area contributed by atoms with E-state index in [0.717, 1.165) is 0 Å². The second-order valence-electron chi connectivity index (χ2n) is 4.83. The molecule has 21 heavy (non-hydrogen) atoms. The zero-order valence-corrected chi connectivity index (χ0v) is 12.0. The molecule has 0 saturated heterocycles. The molecule has 1 heterocycles. The SMILES string of the molecule is COC(=O)c1ccccc1-n1nc(C(=O)O)cc1C(C)C. The zero-order valence-electron chi connectivity index (χ0n) is 12.0. The zero-order chi connectivity index (χ0) is 15.6. The number of carbonyl (C=O) groups is 2. The van der Waals surface area contributed by atoms with Crippen LogP contribution in [0.3, 0.4) is 0 Å². The minimum Gasteiger partial charge on any atom is -0.476 e. The van der Waals surface area contributed by atoms with Crippen molar-refractivity contribution in [2.24, 2.45) is 0 Å². The number of para-hydroxylation sites is 1. The first-order valence-corrected chi connectivity index (χ1v) is 6.46. The lowest BCUT2D eigenvalue weighted by molar-refractivity contribution is 0.0600. The summed E-state index contributed by atoms with van der Waals surface area (Å²) in [6.45, 7) is 3.86. The van der Waals surface area contributed by atoms with E-state index in [0.29, 0.717) is 16.9 Å². The van der Waals surface area contributed by atoms with Gasteiger partial charge < -0.3 is 9.84 Å². The third kappa shape index (κ3) is 2.79. The molecule has 2 aromatic rings. The number of methoxy groups -OCH3 is 1. The Labute approximate surface area is 122 Å². The fourth-order valence-electron chi connectivity index (χ4n) is 2.05. The maximum Gasteiger partial charge on any atom is 0.356 e. The van der Waals surface area contributed by atoms with Crippen molar-refractivity contribution in [3.8, 4) is 5.69 Å². The van der Waals surface area contributed by atoms with Gasteiger partial charge in [0.1, 0.15) is 0 Å². The van der Waals surface area contributed by atoms with Crippen LogP contribution in [-0.2, 0) is 4.74 Å². The van der Waals surface area contributed by atoms with Crippen LogP contribution in [0, 0.1) is 0 Å². The van der Waals surface area contributed by atoms with Crippen molar-refractivity contribution in [1.29, 1.82) is 0 Å². The lowest BCUT2D eigenvalue weighted by atomic mass is 10.1. The van der Waals surface area contributed by atoms with Crippen molar-refractivity contribution in [1.82, 2.24) is 9.78 Å². The Morgan fingerprint density at radius 3 is 2.52 bits per heavy atom. The minimum absolute atomic E-state index is 0.0521. The summed E-state index contributed by atoms with van der Waals surface area (Å²) in [7, 11) is 1.30. The molecule has 2 rings (SSSR count). The van der Waals surface area contributed by atoms with Crippen molar-refractivity contribution in [3.63, 3.8) is 0 Å². The molecule has 0 aliphatic heterocycles. The molecular weight excluding hydrogens is 272 g/mol. The van der Waals surface area contributed by atoms with Crippen LogP contribution in [0.4, 0.5) is 0 Å². The summed E-state index contributed by atoms with van der Waals surface area (Å²) in [6.07, 6.45) is 0. The molecule has 110 valence electrons. The summed E-state index contributed by atoms with van der Waals surface area (Å²) in [6, 6.07) is 8.31. The van der Waals surface area contributed by atoms with Gasteiger partial charge in [0.15, 0.2) is 5.69 Å². The van der Waals surface area contributed by atoms with Crippen LogP contribution in [0.25, 0.3) is 5.69 Å². The number of nitrogens with zero attached hydrogens (tertiary/aromatic N) is 2. The van der Waals surface area contributed by atoms with Crippen LogP contribution in [-0.4, -0.2) is 33.9 Å². The van der Waals surface area contributed by atoms with Gasteiger partial charge in [-0.25, -0.2) is 14.3 Å². The largest absolute Gasteiger partial charge is 0.476 e. The molecule has 0 bridgehead atoms. The molecule has 0 aliphatic carbocycles. The Balaban J connectivity index is 2.66. The monoisotopic (exact) mass is 288 g/mol. The van der Waals surface area contributed by atoms with Crippen molar-refractivity contribution in [3.05, 3.63) is 47.3 Å². The average molecular weight is 288 g/mol. The van der Waals surface area contributed by atoms with Gasteiger partial charge in [-0.1, -0.05) is 26.0 Å². The Hall–Kier alpha value is -2.63. The molecule has 1 N–H and O–H groups in total. The molecule has 0 amide bonds. The van der Waals surface area contributed by atoms with Gasteiger partial charge in [-0.15, -0.1) is 0 Å². The van der Waals surface area contributed by atoms with Crippen molar-refractivity contribution < 1.29 is 19.4 Å². The molecule has 0 aliphatic rings. The van der Waals surface area contributed by atoms with E-state index in [2.05, 4.69) is 5.10 Å². The summed E-state index contributed by atoms with van der Waals surface area (Å²) in [5, 5.41) is 13.2. The minimum atomic E-state index is -1.11. The molecule has 1 aromatic carbocycles. The molecule has 0 fully saturated rings. The van der Waals surface area contributed by atoms with E-state index in [9.17, 15) is 9.59 Å². The van der Waals surface area contributed by atoms with Gasteiger partial charge in [-0.05, 0) is 24.1 Å². The normalized spacial score (nSPS) is 10.7. The Morgan fingerprint density at radius 1 is 1.29 bits per heavy atom. The number of aromatic nitrogens is 2. The summed E-state index contributed by atoms with van der Waals surface area (Å²) < 4.78 is 6.24. The second kappa shape index (κ2) is 5.78. The van der Waals surface area contributed by atoms with E-state index in [1.165, 1.54) is 17.9 Å². The van der Waals surface area contributed by atoms with E-state index >= 15 is 0 Å². The molecule has 0 spiro atoms. The first-order chi connectivity index (χ1) is 9.95. The van der Waals surface area contributed by atoms with Crippen LogP contribution in [0.2, 0.25) is 0 Å². The first kappa shape index (κ1) is 14.8. The summed E-state index contributed by atoms with van der Waals surface area (Å²) in [5.41, 5.74) is 1.49. The predicted molar refractivity (Wildman–Crippen MR) is 76.0 cm³/mol. The summed E-state index contributed by atoms with van der Waals surface area (Å²) in [5.74, 6) is -1.55. The fraction of sp³-hybridized carbons (Fsp3) is 0.267. The number of ether oxygens (including phenoxy) is 1. The number of esters is 1. The van der Waals surface area contributed by atoms with E-state index in [-0.39, 0.29) is 11.6 Å². The van der Waals surface area contributed by atoms with Gasteiger partial charge in [0.25, 0.3) is 0 Å². The van der Waals surface area contributed by atoms with Gasteiger partial charge in [0.05, 0.1) is 18.4 Å². The number of hydrogen-bond acceptors (Lipinski definition) is 4. The highest BCUT2D eigenvalue weighted by Gasteiger charge is 2.20. The molecular formula is C15H16N2O4. The van der Waals surface area contributed by atoms with Crippen LogP contribution in [0.15, 0.2) is 30.3 Å². The van der Waals surface area contributed by atoms with Gasteiger partial charge in [0, 0.05) is 5.69 Å². The highest BCUT2D eigenvalue weighted by molar-refractivity contribution is 5.93. The standard InChI is InChI=1S/C15H16N2O4/c1-9(2)13-8-11(14(18)19)16-17(13)12-7-5-4-6-10(12)15(20)21-3/h4-9H,1-3H3,(H,18,19). The summed E-state index contributed by atoms with van der Waals surface area (Å²) >= 11 is 0. The number of hydrogen-bond donors (Lipinski definition) is 1. The number of benzene rings is 1. The van der Waals surface area contributed by atoms with Gasteiger partial charge >= 0.3 is 11.9 Å². The predicted octanol–water partition coefficient (Wildman–Crippen LogP) is 2.48. The van der Waals surface area contributed by atoms with E-state index < -0.39 is 11.9 Å². The molecule has 0 radical (unpaired) electrons. The molecule has 6 heteroatoms. The third-order valence-electron chi connectivity index (χ3n) is 3.09. The van der Waals surface area contributed by atoms with E-state index in [1.807, 2.05) is 13.8 Å². The smallest absolute Gasteiger partial charge is 0.356 e. The molecule has 0 atom stereocenters. The first-order valence-electron chi connectivity index (χ1n) is 6.46.